The molecule has 7 rings (SSSR count). The van der Waals surface area contributed by atoms with Crippen LogP contribution in [0.3, 0.4) is 0 Å². The van der Waals surface area contributed by atoms with Crippen molar-refractivity contribution in [3.8, 4) is 22.3 Å². The van der Waals surface area contributed by atoms with Crippen molar-refractivity contribution in [2.45, 2.75) is 67.2 Å². The molecule has 0 unspecified atom stereocenters. The summed E-state index contributed by atoms with van der Waals surface area (Å²) in [7, 11) is 0. The minimum absolute atomic E-state index is 1.09. The number of aryl methyl sites for hydroxylation is 6. The van der Waals surface area contributed by atoms with E-state index in [0.717, 1.165) is 25.7 Å². The van der Waals surface area contributed by atoms with Crippen molar-refractivity contribution in [3.05, 3.63) is 189 Å². The van der Waals surface area contributed by atoms with E-state index in [-0.39, 0.29) is 0 Å². The lowest BCUT2D eigenvalue weighted by Gasteiger charge is -2.03. The first kappa shape index (κ1) is 32.7. The molecule has 0 saturated carbocycles. The van der Waals surface area contributed by atoms with E-state index < -0.39 is 0 Å². The highest BCUT2D eigenvalue weighted by Gasteiger charge is 2.18. The van der Waals surface area contributed by atoms with Crippen molar-refractivity contribution in [1.29, 1.82) is 0 Å². The molecule has 0 fully saturated rings. The molecule has 0 saturated heterocycles. The van der Waals surface area contributed by atoms with Gasteiger partial charge in [-0.2, -0.15) is 0 Å². The summed E-state index contributed by atoms with van der Waals surface area (Å²) in [6.45, 7) is 16.5. The van der Waals surface area contributed by atoms with E-state index >= 15 is 0 Å². The van der Waals surface area contributed by atoms with Gasteiger partial charge >= 0.3 is 0 Å². The Hall–Kier alpha value is -4.68. The smallest absolute Gasteiger partial charge is 0.00133 e. The maximum absolute atomic E-state index is 3.67. The Morgan fingerprint density at radius 3 is 1.52 bits per heavy atom. The molecule has 0 heterocycles. The fourth-order valence-electron chi connectivity index (χ4n) is 6.38. The molecule has 0 nitrogen and oxygen atoms in total. The molecule has 0 radical (unpaired) electrons. The molecule has 0 atom stereocenters. The van der Waals surface area contributed by atoms with Gasteiger partial charge in [-0.15, -0.1) is 0 Å². The average molecular weight is 601 g/mol. The Labute approximate surface area is 277 Å². The van der Waals surface area contributed by atoms with Crippen LogP contribution in [0, 0.1) is 34.6 Å². The van der Waals surface area contributed by atoms with Gasteiger partial charge in [0.2, 0.25) is 0 Å². The van der Waals surface area contributed by atoms with E-state index in [2.05, 4.69) is 157 Å². The molecule has 2 aliphatic rings. The molecular formula is C46H48. The molecule has 0 amide bonds. The van der Waals surface area contributed by atoms with Gasteiger partial charge in [0.1, 0.15) is 0 Å². The summed E-state index contributed by atoms with van der Waals surface area (Å²) in [5.41, 5.74) is 21.0. The number of hydrogen-bond donors (Lipinski definition) is 0. The Balaban J connectivity index is 0.000000136. The second-order valence-electron chi connectivity index (χ2n) is 13.1. The number of allylic oxidation sites excluding steroid dienone is 5. The molecular weight excluding hydrogens is 553 g/mol. The quantitative estimate of drug-likeness (QED) is 0.172. The normalized spacial score (nSPS) is 12.3. The zero-order valence-corrected chi connectivity index (χ0v) is 28.6. The molecule has 0 heteroatoms. The van der Waals surface area contributed by atoms with Crippen LogP contribution < -0.4 is 0 Å². The molecule has 46 heavy (non-hydrogen) atoms. The predicted molar refractivity (Wildman–Crippen MR) is 201 cm³/mol. The van der Waals surface area contributed by atoms with Gasteiger partial charge in [0, 0.05) is 0 Å². The molecule has 5 aromatic carbocycles. The van der Waals surface area contributed by atoms with Crippen molar-refractivity contribution in [2.75, 3.05) is 0 Å². The molecule has 2 aliphatic carbocycles. The first-order chi connectivity index (χ1) is 22.2. The zero-order chi connectivity index (χ0) is 32.6. The van der Waals surface area contributed by atoms with E-state index in [1.54, 1.807) is 0 Å². The Morgan fingerprint density at radius 1 is 0.543 bits per heavy atom. The molecule has 0 aliphatic heterocycles. The third-order valence-corrected chi connectivity index (χ3v) is 8.88. The standard InChI is InChI=1S/C16H20.2C15H14/c1-4-7-14(2)8-5-6-9-16-12-10-15(3)11-13-16;1-10-3-5-14-12(7-10)9-13-8-11(2)4-6-15(13)14;1-10-3-5-12-9-13-6-4-11(2)8-15(13)14(12)7-10/h4-5,7-8,10-13H,1,6,9H2,2-3H3;2*3-8H,9H2,1-2H3/b8-5-,14-7-;;. The van der Waals surface area contributed by atoms with Crippen LogP contribution in [0.2, 0.25) is 0 Å². The van der Waals surface area contributed by atoms with Crippen LogP contribution in [0.1, 0.15) is 69.0 Å². The van der Waals surface area contributed by atoms with Crippen LogP contribution in [-0.2, 0) is 19.3 Å². The second-order valence-corrected chi connectivity index (χ2v) is 13.1. The lowest BCUT2D eigenvalue weighted by atomic mass is 10.0. The van der Waals surface area contributed by atoms with Gasteiger partial charge < -0.3 is 0 Å². The highest BCUT2D eigenvalue weighted by Crippen LogP contribution is 2.38. The van der Waals surface area contributed by atoms with Crippen LogP contribution in [0.25, 0.3) is 22.3 Å². The van der Waals surface area contributed by atoms with Gasteiger partial charge in [0.05, 0.1) is 0 Å². The summed E-state index contributed by atoms with van der Waals surface area (Å²) in [6, 6.07) is 35.8. The van der Waals surface area contributed by atoms with E-state index in [9.17, 15) is 0 Å². The first-order valence-electron chi connectivity index (χ1n) is 16.6. The van der Waals surface area contributed by atoms with E-state index in [1.165, 1.54) is 83.5 Å². The van der Waals surface area contributed by atoms with Crippen molar-refractivity contribution in [2.24, 2.45) is 0 Å². The molecule has 232 valence electrons. The van der Waals surface area contributed by atoms with Gasteiger partial charge in [0.25, 0.3) is 0 Å². The highest BCUT2D eigenvalue weighted by molar-refractivity contribution is 5.78. The summed E-state index contributed by atoms with van der Waals surface area (Å²) in [5, 5.41) is 0. The fourth-order valence-corrected chi connectivity index (χ4v) is 6.38. The highest BCUT2D eigenvalue weighted by atomic mass is 14.2. The Kier molecular flexibility index (Phi) is 10.7. The lowest BCUT2D eigenvalue weighted by Crippen LogP contribution is -1.83. The van der Waals surface area contributed by atoms with Crippen LogP contribution in [0.4, 0.5) is 0 Å². The van der Waals surface area contributed by atoms with Crippen molar-refractivity contribution < 1.29 is 0 Å². The average Bonchev–Trinajstić information content (AvgIpc) is 3.57. The monoisotopic (exact) mass is 600 g/mol. The van der Waals surface area contributed by atoms with Gasteiger partial charge in [-0.1, -0.05) is 161 Å². The number of benzene rings is 5. The summed E-state index contributed by atoms with van der Waals surface area (Å²) in [4.78, 5) is 0. The predicted octanol–water partition coefficient (Wildman–Crippen LogP) is 12.4. The van der Waals surface area contributed by atoms with E-state index in [0.29, 0.717) is 0 Å². The largest absolute Gasteiger partial charge is 0.0991 e. The Bertz CT molecular complexity index is 1790. The van der Waals surface area contributed by atoms with E-state index in [4.69, 9.17) is 0 Å². The minimum atomic E-state index is 1.09. The van der Waals surface area contributed by atoms with Crippen molar-refractivity contribution >= 4 is 0 Å². The van der Waals surface area contributed by atoms with Crippen molar-refractivity contribution in [3.63, 3.8) is 0 Å². The maximum Gasteiger partial charge on any atom is -0.00133 e. The summed E-state index contributed by atoms with van der Waals surface area (Å²) >= 11 is 0. The van der Waals surface area contributed by atoms with Gasteiger partial charge in [-0.05, 0) is 117 Å². The van der Waals surface area contributed by atoms with Gasteiger partial charge in [-0.3, -0.25) is 0 Å². The topological polar surface area (TPSA) is 0 Å². The first-order valence-corrected chi connectivity index (χ1v) is 16.6. The molecule has 0 spiro atoms. The number of rotatable bonds is 5. The fraction of sp³-hybridized carbons (Fsp3) is 0.217. The van der Waals surface area contributed by atoms with Gasteiger partial charge in [0.15, 0.2) is 0 Å². The van der Waals surface area contributed by atoms with Crippen LogP contribution in [0.15, 0.2) is 134 Å². The minimum Gasteiger partial charge on any atom is -0.0991 e. The molecule has 0 N–H and O–H groups in total. The number of fused-ring (bicyclic) bond motifs is 6. The SMILES string of the molecule is C=C/C=C(C)\C=C/CCc1ccc(C)cc1.Cc1ccc2c(c1)-c1cc(C)ccc1C2.Cc1ccc2c(c1)Cc1cc(C)ccc1-2. The number of hydrogen-bond acceptors (Lipinski definition) is 0. The lowest BCUT2D eigenvalue weighted by molar-refractivity contribution is 0.998. The summed E-state index contributed by atoms with van der Waals surface area (Å²) in [6.07, 6.45) is 12.6. The van der Waals surface area contributed by atoms with Crippen LogP contribution >= 0.6 is 0 Å². The summed E-state index contributed by atoms with van der Waals surface area (Å²) < 4.78 is 0. The molecule has 0 aromatic heterocycles. The van der Waals surface area contributed by atoms with Crippen LogP contribution in [-0.4, -0.2) is 0 Å². The van der Waals surface area contributed by atoms with E-state index in [1.807, 2.05) is 12.2 Å². The maximum atomic E-state index is 3.67. The third kappa shape index (κ3) is 8.32. The molecule has 5 aromatic rings. The van der Waals surface area contributed by atoms with Gasteiger partial charge in [-0.25, -0.2) is 0 Å². The molecule has 0 bridgehead atoms. The second kappa shape index (κ2) is 15.1. The van der Waals surface area contributed by atoms with Crippen LogP contribution in [0.5, 0.6) is 0 Å². The Morgan fingerprint density at radius 2 is 1.00 bits per heavy atom. The summed E-state index contributed by atoms with van der Waals surface area (Å²) in [5.74, 6) is 0. The zero-order valence-electron chi connectivity index (χ0n) is 28.6. The third-order valence-electron chi connectivity index (χ3n) is 8.88. The van der Waals surface area contributed by atoms with Crippen molar-refractivity contribution in [1.82, 2.24) is 0 Å².